The highest BCUT2D eigenvalue weighted by Gasteiger charge is 2.33. The Kier molecular flexibility index (Phi) is 14.8. The van der Waals surface area contributed by atoms with Crippen LogP contribution in [-0.2, 0) is 38.9 Å². The Labute approximate surface area is 459 Å². The third-order valence-electron chi connectivity index (χ3n) is 14.9. The highest BCUT2D eigenvalue weighted by molar-refractivity contribution is 5.85. The van der Waals surface area contributed by atoms with Gasteiger partial charge in [0.2, 0.25) is 0 Å². The lowest BCUT2D eigenvalue weighted by atomic mass is 9.74. The summed E-state index contributed by atoms with van der Waals surface area (Å²) in [5, 5.41) is 3.78. The van der Waals surface area contributed by atoms with E-state index in [4.69, 9.17) is 47.1 Å². The molecule has 13 nitrogen and oxygen atoms in total. The van der Waals surface area contributed by atoms with Gasteiger partial charge < -0.3 is 22.5 Å². The van der Waals surface area contributed by atoms with Crippen LogP contribution in [0.3, 0.4) is 0 Å². The molecule has 388 valence electrons. The molecule has 0 radical (unpaired) electrons. The number of aromatic nitrogens is 9. The number of hydrogen-bond acceptors (Lipinski definition) is 10. The van der Waals surface area contributed by atoms with Crippen LogP contribution in [0.15, 0.2) is 201 Å². The van der Waals surface area contributed by atoms with Crippen molar-refractivity contribution in [2.45, 2.75) is 45.8 Å². The number of benzene rings is 3. The van der Waals surface area contributed by atoms with Crippen LogP contribution in [0.4, 0.5) is 0 Å². The van der Waals surface area contributed by atoms with Crippen LogP contribution < -0.4 is 22.5 Å². The molecule has 7 N–H and O–H groups in total. The van der Waals surface area contributed by atoms with Crippen molar-refractivity contribution in [3.05, 3.63) is 235 Å². The van der Waals surface area contributed by atoms with Crippen LogP contribution in [-0.4, -0.2) is 56.2 Å². The maximum absolute atomic E-state index is 5.89. The average molecular weight is 1050 g/mol. The van der Waals surface area contributed by atoms with Gasteiger partial charge >= 0.3 is 0 Å². The minimum Gasteiger partial charge on any atom is -0.326 e. The Morgan fingerprint density at radius 3 is 0.987 bits per heavy atom. The van der Waals surface area contributed by atoms with Gasteiger partial charge in [0.05, 0.1) is 35.7 Å². The predicted molar refractivity (Wildman–Crippen MR) is 315 cm³/mol. The first kappa shape index (κ1) is 51.4. The van der Waals surface area contributed by atoms with Gasteiger partial charge in [0.15, 0.2) is 0 Å². The van der Waals surface area contributed by atoms with Gasteiger partial charge in [-0.15, -0.1) is 12.4 Å². The molecule has 0 spiro atoms. The number of nitrogens with two attached hydrogens (primary N) is 3. The molecule has 0 aliphatic carbocycles. The zero-order valence-corrected chi connectivity index (χ0v) is 44.2. The molecule has 0 bridgehead atoms. The van der Waals surface area contributed by atoms with Crippen molar-refractivity contribution in [1.82, 2.24) is 48.4 Å². The van der Waals surface area contributed by atoms with Crippen molar-refractivity contribution >= 4 is 29.3 Å². The number of hydrogen-bond donors (Lipinski definition) is 4. The lowest BCUT2D eigenvalue weighted by Gasteiger charge is -2.34. The number of imidazole rings is 3. The molecule has 0 aliphatic heterocycles. The largest absolute Gasteiger partial charge is 0.326 e. The summed E-state index contributed by atoms with van der Waals surface area (Å²) in [6.45, 7) is 5.18. The average Bonchev–Trinajstić information content (AvgIpc) is 4.26. The smallest absolute Gasteiger partial charge is 0.137 e. The van der Waals surface area contributed by atoms with Crippen LogP contribution in [0.1, 0.15) is 40.7 Å². The highest BCUT2D eigenvalue weighted by Crippen LogP contribution is 2.36. The van der Waals surface area contributed by atoms with Crippen molar-refractivity contribution in [3.8, 4) is 67.2 Å². The van der Waals surface area contributed by atoms with Crippen LogP contribution in [0.2, 0.25) is 0 Å². The van der Waals surface area contributed by atoms with E-state index in [0.29, 0.717) is 45.4 Å². The first-order chi connectivity index (χ1) is 37.8. The van der Waals surface area contributed by atoms with Gasteiger partial charge in [0.1, 0.15) is 16.9 Å². The van der Waals surface area contributed by atoms with Crippen molar-refractivity contribution in [1.29, 1.82) is 0 Å². The van der Waals surface area contributed by atoms with E-state index >= 15 is 0 Å². The Balaban J connectivity index is 0.00000645. The predicted octanol–water partition coefficient (Wildman–Crippen LogP) is 11.2. The highest BCUT2D eigenvalue weighted by atomic mass is 35.5. The molecule has 0 saturated heterocycles. The van der Waals surface area contributed by atoms with E-state index in [-0.39, 0.29) is 12.4 Å². The van der Waals surface area contributed by atoms with E-state index in [0.717, 1.165) is 124 Å². The molecule has 78 heavy (non-hydrogen) atoms. The summed E-state index contributed by atoms with van der Waals surface area (Å²) in [7, 11) is 0. The van der Waals surface area contributed by atoms with Gasteiger partial charge in [0.25, 0.3) is 0 Å². The van der Waals surface area contributed by atoms with E-state index in [1.165, 1.54) is 0 Å². The molecule has 0 fully saturated rings. The fourth-order valence-corrected chi connectivity index (χ4v) is 10.7. The van der Waals surface area contributed by atoms with E-state index in [1.54, 1.807) is 0 Å². The van der Waals surface area contributed by atoms with Crippen LogP contribution >= 0.6 is 12.4 Å². The summed E-state index contributed by atoms with van der Waals surface area (Å²) >= 11 is 0. The summed E-state index contributed by atoms with van der Waals surface area (Å²) in [5.41, 5.74) is 38.8. The van der Waals surface area contributed by atoms with Crippen LogP contribution in [0.25, 0.3) is 84.1 Å². The van der Waals surface area contributed by atoms with E-state index < -0.39 is 5.41 Å². The normalized spacial score (nSPS) is 11.7. The fraction of sp³-hybridized carbons (Fsp3) is 0.156. The molecule has 12 rings (SSSR count). The molecule has 14 heteroatoms. The minimum atomic E-state index is -0.414. The quantitative estimate of drug-likeness (QED) is 0.0646. The van der Waals surface area contributed by atoms with Gasteiger partial charge in [-0.1, -0.05) is 79.7 Å². The molecule has 0 aliphatic rings. The second kappa shape index (κ2) is 22.5. The summed E-state index contributed by atoms with van der Waals surface area (Å²) in [4.78, 5) is 29.8. The molecule has 0 atom stereocenters. The number of fused-ring (bicyclic) bond motifs is 3. The monoisotopic (exact) mass is 1050 g/mol. The fourth-order valence-electron chi connectivity index (χ4n) is 10.7. The number of nitrogens with zero attached hydrogens (tertiary/aromatic N) is 9. The molecule has 3 aromatic carbocycles. The van der Waals surface area contributed by atoms with Crippen molar-refractivity contribution in [2.24, 2.45) is 22.6 Å². The zero-order valence-electron chi connectivity index (χ0n) is 43.4. The van der Waals surface area contributed by atoms with E-state index in [1.807, 2.05) is 37.2 Å². The molecule has 0 unspecified atom stereocenters. The Morgan fingerprint density at radius 1 is 0.385 bits per heavy atom. The lowest BCUT2D eigenvalue weighted by molar-refractivity contribution is 0.258. The molecule has 0 amide bonds. The van der Waals surface area contributed by atoms with Gasteiger partial charge in [-0.25, -0.2) is 15.0 Å². The second-order valence-electron chi connectivity index (χ2n) is 20.0. The SMILES string of the molecule is CCNCC(Cc1cc(-c2ccn3c(-c4ccc(CN)cc4)cnc3c2)ccn1)(Cc1cc(-c2ccn3c(-c4ccc(CN)cc4)cnc3c2)ccn1)Cc1cc(-c2ccn3c(-c4ccc(CN)cc4)cnc3c2)ccn1.Cl. The number of halogens is 1. The Bertz CT molecular complexity index is 3620. The maximum Gasteiger partial charge on any atom is 0.137 e. The summed E-state index contributed by atoms with van der Waals surface area (Å²) in [6, 6.07) is 50.9. The first-order valence-electron chi connectivity index (χ1n) is 26.2. The summed E-state index contributed by atoms with van der Waals surface area (Å²) in [5.74, 6) is 0. The molecule has 9 heterocycles. The summed E-state index contributed by atoms with van der Waals surface area (Å²) in [6.07, 6.45) is 19.9. The number of rotatable bonds is 18. The Morgan fingerprint density at radius 2 is 0.692 bits per heavy atom. The zero-order chi connectivity index (χ0) is 52.3. The number of nitrogens with one attached hydrogen (secondary N) is 1. The molecule has 0 saturated carbocycles. The molecule has 9 aromatic heterocycles. The van der Waals surface area contributed by atoms with Crippen molar-refractivity contribution in [2.75, 3.05) is 13.1 Å². The second-order valence-corrected chi connectivity index (χ2v) is 20.0. The van der Waals surface area contributed by atoms with Crippen LogP contribution in [0.5, 0.6) is 0 Å². The van der Waals surface area contributed by atoms with Crippen molar-refractivity contribution < 1.29 is 0 Å². The first-order valence-corrected chi connectivity index (χ1v) is 26.2. The van der Waals surface area contributed by atoms with Gasteiger partial charge in [0, 0.05) is 97.1 Å². The van der Waals surface area contributed by atoms with E-state index in [9.17, 15) is 0 Å². The minimum absolute atomic E-state index is 0. The van der Waals surface area contributed by atoms with Gasteiger partial charge in [-0.2, -0.15) is 0 Å². The van der Waals surface area contributed by atoms with Gasteiger partial charge in [-0.3, -0.25) is 28.2 Å². The third kappa shape index (κ3) is 10.6. The molecular formula is C64H60ClN13. The third-order valence-corrected chi connectivity index (χ3v) is 14.9. The maximum atomic E-state index is 5.89. The standard InChI is InChI=1S/C64H59N13.ClH/c1-2-68-42-64(33-55-27-49(15-21-69-55)52-18-24-75-58(39-72-61(75)30-52)46-9-3-43(36-65)4-10-46,34-56-28-50(16-22-70-56)53-19-25-76-59(40-73-62(76)31-53)47-11-5-44(37-66)6-12-47)35-57-29-51(17-23-71-57)54-20-26-77-60(41-74-63(77)32-54)48-13-7-45(38-67)8-14-48;/h3-32,39-41,68H,2,33-38,42,65-67H2,1H3;1H. The lowest BCUT2D eigenvalue weighted by Crippen LogP contribution is -2.40. The van der Waals surface area contributed by atoms with Crippen molar-refractivity contribution in [3.63, 3.8) is 0 Å². The van der Waals surface area contributed by atoms with Crippen LogP contribution in [0, 0.1) is 5.41 Å². The molecule has 12 aromatic rings. The molecular weight excluding hydrogens is 986 g/mol. The Hall–Kier alpha value is -8.69. The number of pyridine rings is 6. The van der Waals surface area contributed by atoms with E-state index in [2.05, 4.69) is 190 Å². The summed E-state index contributed by atoms with van der Waals surface area (Å²) < 4.78 is 6.40. The topological polar surface area (TPSA) is 181 Å². The van der Waals surface area contributed by atoms with Gasteiger partial charge in [-0.05, 0) is 154 Å².